The van der Waals surface area contributed by atoms with Gasteiger partial charge in [-0.15, -0.1) is 0 Å². The van der Waals surface area contributed by atoms with Crippen molar-refractivity contribution in [3.63, 3.8) is 0 Å². The van der Waals surface area contributed by atoms with Crippen LogP contribution in [0.5, 0.6) is 0 Å². The Morgan fingerprint density at radius 3 is 2.56 bits per heavy atom. The summed E-state index contributed by atoms with van der Waals surface area (Å²) < 4.78 is 10.1. The molecule has 7 nitrogen and oxygen atoms in total. The van der Waals surface area contributed by atoms with Gasteiger partial charge in [0.05, 0.1) is 12.8 Å². The minimum absolute atomic E-state index is 0.156. The molecule has 1 aromatic carbocycles. The first kappa shape index (κ1) is 20.0. The third-order valence-electron chi connectivity index (χ3n) is 3.66. The smallest absolute Gasteiger partial charge is 0.331 e. The molecule has 0 aliphatic rings. The molecule has 0 saturated heterocycles. The van der Waals surface area contributed by atoms with Gasteiger partial charge in [-0.05, 0) is 44.2 Å². The number of hydrogen-bond acceptors (Lipinski definition) is 5. The van der Waals surface area contributed by atoms with E-state index >= 15 is 0 Å². The van der Waals surface area contributed by atoms with Crippen molar-refractivity contribution in [3.8, 4) is 0 Å². The van der Waals surface area contributed by atoms with Crippen LogP contribution in [0.3, 0.4) is 0 Å². The van der Waals surface area contributed by atoms with E-state index in [0.29, 0.717) is 11.4 Å². The van der Waals surface area contributed by atoms with Gasteiger partial charge < -0.3 is 19.4 Å². The molecule has 1 N–H and O–H groups in total. The summed E-state index contributed by atoms with van der Waals surface area (Å²) >= 11 is 0. The molecule has 0 saturated carbocycles. The lowest BCUT2D eigenvalue weighted by Crippen LogP contribution is -2.41. The Kier molecular flexibility index (Phi) is 6.93. The Balaban J connectivity index is 1.81. The first-order valence-electron chi connectivity index (χ1n) is 8.39. The maximum absolute atomic E-state index is 12.3. The highest BCUT2D eigenvalue weighted by atomic mass is 16.5. The molecular formula is C20H22N2O5. The Bertz CT molecular complexity index is 809. The molecule has 0 fully saturated rings. The van der Waals surface area contributed by atoms with Crippen molar-refractivity contribution in [1.29, 1.82) is 0 Å². The van der Waals surface area contributed by atoms with Gasteiger partial charge in [0.1, 0.15) is 5.76 Å². The van der Waals surface area contributed by atoms with Gasteiger partial charge in [-0.1, -0.05) is 17.7 Å². The van der Waals surface area contributed by atoms with E-state index in [0.717, 1.165) is 5.56 Å². The second-order valence-electron chi connectivity index (χ2n) is 6.04. The number of rotatable bonds is 7. The summed E-state index contributed by atoms with van der Waals surface area (Å²) in [6.07, 6.45) is 3.08. The van der Waals surface area contributed by atoms with Crippen LogP contribution in [-0.4, -0.2) is 42.4 Å². The number of esters is 1. The number of hydrogen-bond donors (Lipinski definition) is 1. The lowest BCUT2D eigenvalue weighted by molar-refractivity contribution is -0.154. The van der Waals surface area contributed by atoms with E-state index in [4.69, 9.17) is 9.15 Å². The number of nitrogens with zero attached hydrogens (tertiary/aromatic N) is 1. The van der Waals surface area contributed by atoms with Gasteiger partial charge in [-0.2, -0.15) is 0 Å². The van der Waals surface area contributed by atoms with Gasteiger partial charge in [-0.3, -0.25) is 9.59 Å². The Labute approximate surface area is 157 Å². The second-order valence-corrected chi connectivity index (χ2v) is 6.04. The van der Waals surface area contributed by atoms with E-state index in [1.807, 2.05) is 19.1 Å². The van der Waals surface area contributed by atoms with Crippen molar-refractivity contribution < 1.29 is 23.5 Å². The maximum atomic E-state index is 12.3. The summed E-state index contributed by atoms with van der Waals surface area (Å²) in [6.45, 7) is 3.25. The van der Waals surface area contributed by atoms with E-state index in [-0.39, 0.29) is 12.5 Å². The van der Waals surface area contributed by atoms with Crippen LogP contribution >= 0.6 is 0 Å². The summed E-state index contributed by atoms with van der Waals surface area (Å²) in [7, 11) is 1.47. The number of anilines is 1. The summed E-state index contributed by atoms with van der Waals surface area (Å²) in [6, 6.07) is 10.7. The quantitative estimate of drug-likeness (QED) is 0.598. The molecular weight excluding hydrogens is 348 g/mol. The third-order valence-corrected chi connectivity index (χ3v) is 3.66. The Morgan fingerprint density at radius 2 is 1.93 bits per heavy atom. The van der Waals surface area contributed by atoms with Crippen LogP contribution in [0.2, 0.25) is 0 Å². The lowest BCUT2D eigenvalue weighted by Gasteiger charge is -2.20. The van der Waals surface area contributed by atoms with Crippen LogP contribution in [0.4, 0.5) is 5.69 Å². The third kappa shape index (κ3) is 6.47. The van der Waals surface area contributed by atoms with Gasteiger partial charge in [-0.25, -0.2) is 4.79 Å². The zero-order chi connectivity index (χ0) is 19.8. The molecule has 0 spiro atoms. The highest BCUT2D eigenvalue weighted by molar-refractivity contribution is 5.95. The first-order valence-corrected chi connectivity index (χ1v) is 8.39. The van der Waals surface area contributed by atoms with Crippen molar-refractivity contribution in [2.75, 3.05) is 18.9 Å². The highest BCUT2D eigenvalue weighted by Gasteiger charge is 2.22. The molecule has 0 bridgehead atoms. The molecule has 2 rings (SSSR count). The van der Waals surface area contributed by atoms with Crippen molar-refractivity contribution in [3.05, 3.63) is 60.1 Å². The van der Waals surface area contributed by atoms with Gasteiger partial charge in [0.15, 0.2) is 6.10 Å². The minimum atomic E-state index is -1.02. The van der Waals surface area contributed by atoms with Crippen LogP contribution in [0.1, 0.15) is 18.2 Å². The van der Waals surface area contributed by atoms with Crippen LogP contribution < -0.4 is 5.32 Å². The van der Waals surface area contributed by atoms with Gasteiger partial charge in [0.25, 0.3) is 5.91 Å². The molecule has 1 heterocycles. The van der Waals surface area contributed by atoms with Crippen molar-refractivity contribution >= 4 is 29.5 Å². The van der Waals surface area contributed by atoms with Gasteiger partial charge >= 0.3 is 5.97 Å². The summed E-state index contributed by atoms with van der Waals surface area (Å²) in [5.74, 6) is -1.000. The van der Waals surface area contributed by atoms with E-state index < -0.39 is 18.0 Å². The minimum Gasteiger partial charge on any atom is -0.465 e. The molecule has 1 atom stereocenters. The van der Waals surface area contributed by atoms with E-state index in [1.54, 1.807) is 24.3 Å². The van der Waals surface area contributed by atoms with Crippen LogP contribution in [0.15, 0.2) is 53.2 Å². The fourth-order valence-corrected chi connectivity index (χ4v) is 2.24. The van der Waals surface area contributed by atoms with E-state index in [9.17, 15) is 14.4 Å². The molecule has 2 aromatic rings. The molecule has 1 aromatic heterocycles. The Morgan fingerprint density at radius 1 is 1.22 bits per heavy atom. The predicted octanol–water partition coefficient (Wildman–Crippen LogP) is 2.63. The highest BCUT2D eigenvalue weighted by Crippen LogP contribution is 2.09. The predicted molar refractivity (Wildman–Crippen MR) is 101 cm³/mol. The number of ether oxygens (including phenoxy) is 1. The molecule has 0 aliphatic heterocycles. The maximum Gasteiger partial charge on any atom is 0.331 e. The number of benzene rings is 1. The number of likely N-dealkylation sites (N-methyl/N-ethyl adjacent to an activating group) is 1. The molecule has 0 radical (unpaired) electrons. The zero-order valence-electron chi connectivity index (χ0n) is 15.5. The zero-order valence-corrected chi connectivity index (χ0v) is 15.5. The molecule has 0 unspecified atom stereocenters. The number of carbonyl (C=O) groups excluding carboxylic acids is 3. The van der Waals surface area contributed by atoms with Crippen LogP contribution in [-0.2, 0) is 19.1 Å². The topological polar surface area (TPSA) is 88.9 Å². The number of carbonyl (C=O) groups is 3. The Hall–Kier alpha value is -3.35. The fraction of sp³-hybridized carbons (Fsp3) is 0.250. The number of aryl methyl sites for hydroxylation is 1. The van der Waals surface area contributed by atoms with Crippen LogP contribution in [0.25, 0.3) is 6.08 Å². The number of amides is 2. The molecule has 142 valence electrons. The summed E-state index contributed by atoms with van der Waals surface area (Å²) in [5, 5.41) is 2.71. The lowest BCUT2D eigenvalue weighted by atomic mass is 10.2. The van der Waals surface area contributed by atoms with E-state index in [2.05, 4.69) is 5.32 Å². The van der Waals surface area contributed by atoms with Gasteiger partial charge in [0, 0.05) is 18.8 Å². The summed E-state index contributed by atoms with van der Waals surface area (Å²) in [4.78, 5) is 37.3. The summed E-state index contributed by atoms with van der Waals surface area (Å²) in [5.41, 5.74) is 1.73. The molecule has 7 heteroatoms. The standard InChI is InChI=1S/C20H22N2O5/c1-14-6-8-16(9-7-14)21-18(23)13-22(3)20(25)15(2)27-19(24)11-10-17-5-4-12-26-17/h4-12,15H,13H2,1-3H3,(H,21,23)/b11-10+/t15-/m0/s1. The largest absolute Gasteiger partial charge is 0.465 e. The molecule has 27 heavy (non-hydrogen) atoms. The van der Waals surface area contributed by atoms with Crippen molar-refractivity contribution in [2.45, 2.75) is 20.0 Å². The molecule has 2 amide bonds. The fourth-order valence-electron chi connectivity index (χ4n) is 2.24. The first-order chi connectivity index (χ1) is 12.8. The average molecular weight is 370 g/mol. The SMILES string of the molecule is Cc1ccc(NC(=O)CN(C)C(=O)[C@H](C)OC(=O)/C=C/c2ccco2)cc1. The normalized spacial score (nSPS) is 11.8. The van der Waals surface area contributed by atoms with Crippen molar-refractivity contribution in [2.24, 2.45) is 0 Å². The van der Waals surface area contributed by atoms with Crippen molar-refractivity contribution in [1.82, 2.24) is 4.90 Å². The average Bonchev–Trinajstić information content (AvgIpc) is 3.14. The number of nitrogens with one attached hydrogen (secondary N) is 1. The molecule has 0 aliphatic carbocycles. The monoisotopic (exact) mass is 370 g/mol. The van der Waals surface area contributed by atoms with Gasteiger partial charge in [0.2, 0.25) is 5.91 Å². The van der Waals surface area contributed by atoms with Crippen LogP contribution in [0, 0.1) is 6.92 Å². The van der Waals surface area contributed by atoms with E-state index in [1.165, 1.54) is 37.3 Å². The second kappa shape index (κ2) is 9.38. The number of furan rings is 1.